The highest BCUT2D eigenvalue weighted by molar-refractivity contribution is 9.10. The Hall–Kier alpha value is -14.7. The van der Waals surface area contributed by atoms with Gasteiger partial charge in [0, 0.05) is 76.8 Å². The summed E-state index contributed by atoms with van der Waals surface area (Å²) < 4.78 is 21.4. The third kappa shape index (κ3) is 18.3. The lowest BCUT2D eigenvalue weighted by atomic mass is 9.78. The maximum Gasteiger partial charge on any atom is 0.494 e. The van der Waals surface area contributed by atoms with E-state index >= 15 is 0 Å². The monoisotopic (exact) mass is 1780 g/mol. The van der Waals surface area contributed by atoms with E-state index in [1.165, 1.54) is 22.3 Å². The molecule has 1 aliphatic heterocycles. The summed E-state index contributed by atoms with van der Waals surface area (Å²) in [4.78, 5) is 19.8. The molecule has 0 aliphatic carbocycles. The fourth-order valence-electron chi connectivity index (χ4n) is 16.2. The Labute approximate surface area is 766 Å². The van der Waals surface area contributed by atoms with Crippen LogP contribution in [0.2, 0.25) is 6.32 Å². The second-order valence-electron chi connectivity index (χ2n) is 32.1. The highest BCUT2D eigenvalue weighted by atomic mass is 79.9. The number of fused-ring (bicyclic) bond motifs is 3. The normalized spacial score (nSPS) is 12.4. The zero-order chi connectivity index (χ0) is 87.5. The highest BCUT2D eigenvalue weighted by Crippen LogP contribution is 2.43. The average molecular weight is 1780 g/mol. The van der Waals surface area contributed by atoms with Gasteiger partial charge in [-0.05, 0) is 266 Å². The van der Waals surface area contributed by atoms with E-state index in [0.29, 0.717) is 6.32 Å². The molecule has 616 valence electrons. The molecule has 0 saturated carbocycles. The van der Waals surface area contributed by atoms with Gasteiger partial charge in [-0.2, -0.15) is 0 Å². The Kier molecular flexibility index (Phi) is 25.0. The Bertz CT molecular complexity index is 6970. The van der Waals surface area contributed by atoms with Gasteiger partial charge in [0.2, 0.25) is 0 Å². The van der Waals surface area contributed by atoms with Gasteiger partial charge in [-0.15, -0.1) is 12.3 Å². The first-order valence-corrected chi connectivity index (χ1v) is 44.3. The number of aromatic nitrogens is 6. The molecule has 0 bridgehead atoms. The van der Waals surface area contributed by atoms with Crippen LogP contribution in [0.4, 0.5) is 34.1 Å². The van der Waals surface area contributed by atoms with Crippen LogP contribution in [-0.2, 0) is 9.31 Å². The van der Waals surface area contributed by atoms with E-state index in [4.69, 9.17) is 32.1 Å². The molecular weight excluding hydrogens is 1690 g/mol. The SMILES string of the molecule is Brc1ccc(N(c2ccc(Br)cc2)c2ccc(-c3ccccc3)cc2)cc1.CC1(C)OB(c2cccc(-c3nc4ccccc4n3-c3ccccc3)c2)OC1(C)C.[B]CC#C.c1ccc(-c2ccc(N(c3ccc(-c4cccc(-c5nc6ccccc6n5-c5ccccc5)c4)cc3)c3ccc(-c4cccc(-c5nc6ccccc6n5-c5ccccc5)c4)cc3)cc2)cc1. The van der Waals surface area contributed by atoms with Crippen LogP contribution < -0.4 is 15.3 Å². The summed E-state index contributed by atoms with van der Waals surface area (Å²) in [6.07, 6.45) is 5.00. The van der Waals surface area contributed by atoms with Crippen LogP contribution in [0.25, 0.3) is 129 Å². The minimum atomic E-state index is -0.399. The van der Waals surface area contributed by atoms with Crippen molar-refractivity contribution in [2.24, 2.45) is 0 Å². The smallest absolute Gasteiger partial charge is 0.399 e. The van der Waals surface area contributed by atoms with Crippen LogP contribution in [0.5, 0.6) is 0 Å². The lowest BCUT2D eigenvalue weighted by molar-refractivity contribution is 0.00578. The summed E-state index contributed by atoms with van der Waals surface area (Å²) in [6.45, 7) is 8.30. The number of para-hydroxylation sites is 9. The van der Waals surface area contributed by atoms with Crippen molar-refractivity contribution < 1.29 is 9.31 Å². The van der Waals surface area contributed by atoms with Gasteiger partial charge in [0.15, 0.2) is 0 Å². The Morgan fingerprint density at radius 1 is 0.289 bits per heavy atom. The van der Waals surface area contributed by atoms with E-state index < -0.39 is 7.12 Å². The maximum atomic E-state index is 6.27. The van der Waals surface area contributed by atoms with Crippen molar-refractivity contribution in [1.82, 2.24) is 28.7 Å². The zero-order valence-electron chi connectivity index (χ0n) is 71.2. The van der Waals surface area contributed by atoms with Crippen molar-refractivity contribution in [2.75, 3.05) is 9.80 Å². The zero-order valence-corrected chi connectivity index (χ0v) is 74.4. The van der Waals surface area contributed by atoms with Crippen LogP contribution in [0.1, 0.15) is 27.7 Å². The minimum Gasteiger partial charge on any atom is -0.399 e. The number of hydrogen-bond donors (Lipinski definition) is 0. The first-order chi connectivity index (χ1) is 62.7. The topological polar surface area (TPSA) is 78.4 Å². The summed E-state index contributed by atoms with van der Waals surface area (Å²) in [5, 5.41) is 0. The molecule has 21 rings (SSSR count). The summed E-state index contributed by atoms with van der Waals surface area (Å²) >= 11 is 7.05. The molecule has 4 heterocycles. The van der Waals surface area contributed by atoms with Crippen LogP contribution in [-0.4, -0.2) is 54.8 Å². The predicted octanol–water partition coefficient (Wildman–Crippen LogP) is 29.7. The number of hydrogen-bond acceptors (Lipinski definition) is 7. The standard InChI is InChI=1S/C62H43N5.C25H25BN2O2.C24H17Br2N.C3H3B/c1-4-16-44(17-5-1)45-30-36-54(37-31-45)65(55-38-32-46(33-39-55)48-18-14-20-50(42-48)61-63-57-26-10-12-28-59(57)66(61)52-22-6-2-7-23-52)56-40-34-47(35-41-56)49-19-15-21-51(43-49)62-64-58-27-11-13-29-60(58)67(62)53-24-8-3-9-25-53;1-24(2)25(3,4)30-26(29-24)19-12-10-11-18(17-19)23-27-21-15-8-9-16-22(21)28(23)20-13-6-5-7-14-20;25-20-8-14-23(15-9-20)27(24-16-10-21(26)11-17-24)22-12-6-19(7-13-22)18-4-2-1-3-5-18;1-2-3-4/h1-43H;5-17H,1-4H3;1-17H;1H,3H2. The summed E-state index contributed by atoms with van der Waals surface area (Å²) in [7, 11) is 4.39. The molecule has 0 spiro atoms. The molecule has 0 amide bonds. The first kappa shape index (κ1) is 84.2. The van der Waals surface area contributed by atoms with Gasteiger partial charge in [0.05, 0.1) is 52.1 Å². The number of terminal acetylenes is 1. The first-order valence-electron chi connectivity index (χ1n) is 42.7. The quantitative estimate of drug-likeness (QED) is 0.0664. The Morgan fingerprint density at radius 2 is 0.523 bits per heavy atom. The molecule has 0 N–H and O–H groups in total. The van der Waals surface area contributed by atoms with Crippen LogP contribution in [0.15, 0.2) is 452 Å². The van der Waals surface area contributed by atoms with Crippen LogP contribution in [0, 0.1) is 12.3 Å². The van der Waals surface area contributed by atoms with Gasteiger partial charge in [-0.25, -0.2) is 15.0 Å². The van der Waals surface area contributed by atoms with Gasteiger partial charge < -0.3 is 19.1 Å². The molecule has 1 fully saturated rings. The molecule has 10 nitrogen and oxygen atoms in total. The number of imidazole rings is 3. The third-order valence-corrected chi connectivity index (χ3v) is 24.4. The fraction of sp³-hybridized carbons (Fsp3) is 0.0614. The number of nitrogens with zero attached hydrogens (tertiary/aromatic N) is 8. The molecule has 20 aromatic rings. The van der Waals surface area contributed by atoms with Crippen molar-refractivity contribution in [2.45, 2.75) is 45.2 Å². The molecule has 0 unspecified atom stereocenters. The van der Waals surface area contributed by atoms with E-state index in [9.17, 15) is 0 Å². The molecule has 3 aromatic heterocycles. The highest BCUT2D eigenvalue weighted by Gasteiger charge is 2.52. The molecule has 14 heteroatoms. The number of halogens is 2. The molecule has 128 heavy (non-hydrogen) atoms. The molecule has 1 saturated heterocycles. The van der Waals surface area contributed by atoms with Crippen molar-refractivity contribution in [1.29, 1.82) is 0 Å². The van der Waals surface area contributed by atoms with E-state index in [2.05, 4.69) is 496 Å². The van der Waals surface area contributed by atoms with Gasteiger partial charge in [0.25, 0.3) is 0 Å². The van der Waals surface area contributed by atoms with Crippen molar-refractivity contribution in [3.8, 4) is 108 Å². The molecule has 2 radical (unpaired) electrons. The summed E-state index contributed by atoms with van der Waals surface area (Å²) in [6, 6.07) is 155. The minimum absolute atomic E-state index is 0.347. The lowest BCUT2D eigenvalue weighted by Crippen LogP contribution is -2.41. The van der Waals surface area contributed by atoms with Gasteiger partial charge in [-0.1, -0.05) is 293 Å². The van der Waals surface area contributed by atoms with Gasteiger partial charge in [0.1, 0.15) is 17.5 Å². The van der Waals surface area contributed by atoms with Crippen molar-refractivity contribution >= 4 is 120 Å². The van der Waals surface area contributed by atoms with Crippen LogP contribution >= 0.6 is 31.9 Å². The van der Waals surface area contributed by atoms with Crippen molar-refractivity contribution in [3.63, 3.8) is 0 Å². The summed E-state index contributed by atoms with van der Waals surface area (Å²) in [5.41, 5.74) is 28.7. The second-order valence-corrected chi connectivity index (χ2v) is 33.9. The second kappa shape index (κ2) is 38.0. The van der Waals surface area contributed by atoms with Gasteiger partial charge in [-0.3, -0.25) is 13.7 Å². The number of anilines is 6. The van der Waals surface area contributed by atoms with E-state index in [0.717, 1.165) is 155 Å². The molecule has 17 aromatic carbocycles. The van der Waals surface area contributed by atoms with Gasteiger partial charge >= 0.3 is 7.12 Å². The molecular formula is C114H88B2Br2N8O2. The Balaban J connectivity index is 0.000000149. The Morgan fingerprint density at radius 3 is 0.828 bits per heavy atom. The largest absolute Gasteiger partial charge is 0.494 e. The molecule has 0 atom stereocenters. The van der Waals surface area contributed by atoms with Crippen molar-refractivity contribution in [3.05, 3.63) is 452 Å². The van der Waals surface area contributed by atoms with E-state index in [1.54, 1.807) is 0 Å². The third-order valence-electron chi connectivity index (χ3n) is 23.3. The van der Waals surface area contributed by atoms with E-state index in [-0.39, 0.29) is 11.2 Å². The molecule has 1 aliphatic rings. The van der Waals surface area contributed by atoms with Crippen LogP contribution in [0.3, 0.4) is 0 Å². The fourth-order valence-corrected chi connectivity index (χ4v) is 16.7. The predicted molar refractivity (Wildman–Crippen MR) is 541 cm³/mol. The number of benzene rings is 17. The van der Waals surface area contributed by atoms with E-state index in [1.807, 2.05) is 42.5 Å². The number of rotatable bonds is 17. The summed E-state index contributed by atoms with van der Waals surface area (Å²) in [5.74, 6) is 4.94. The lowest BCUT2D eigenvalue weighted by Gasteiger charge is -2.32. The average Bonchev–Trinajstić information content (AvgIpc) is 1.65. The maximum absolute atomic E-state index is 6.27.